The molecule has 84 valence electrons. The molecule has 0 saturated heterocycles. The van der Waals surface area contributed by atoms with E-state index in [1.54, 1.807) is 0 Å². The summed E-state index contributed by atoms with van der Waals surface area (Å²) in [5.74, 6) is 0.822. The average molecular weight is 199 g/mol. The summed E-state index contributed by atoms with van der Waals surface area (Å²) in [5, 5.41) is 12.6. The Bertz CT molecular complexity index is 132. The van der Waals surface area contributed by atoms with Crippen molar-refractivity contribution in [3.63, 3.8) is 0 Å². The van der Waals surface area contributed by atoms with Crippen LogP contribution in [0.4, 0.5) is 0 Å². The highest BCUT2D eigenvalue weighted by molar-refractivity contribution is 4.78. The van der Waals surface area contributed by atoms with Crippen molar-refractivity contribution < 1.29 is 5.11 Å². The van der Waals surface area contributed by atoms with Crippen molar-refractivity contribution in [3.05, 3.63) is 0 Å². The fourth-order valence-electron chi connectivity index (χ4n) is 2.51. The van der Waals surface area contributed by atoms with Crippen molar-refractivity contribution in [1.29, 1.82) is 0 Å². The number of aliphatic hydroxyl groups excluding tert-OH is 1. The molecule has 1 fully saturated rings. The van der Waals surface area contributed by atoms with E-state index >= 15 is 0 Å². The molecule has 1 aliphatic rings. The molecule has 0 aromatic rings. The first-order valence-electron chi connectivity index (χ1n) is 6.22. The molecule has 0 radical (unpaired) electrons. The van der Waals surface area contributed by atoms with Crippen molar-refractivity contribution in [1.82, 2.24) is 5.32 Å². The summed E-state index contributed by atoms with van der Waals surface area (Å²) in [6, 6.07) is 0.570. The Morgan fingerprint density at radius 1 is 1.29 bits per heavy atom. The minimum absolute atomic E-state index is 0.331. The summed E-state index contributed by atoms with van der Waals surface area (Å²) in [6.07, 6.45) is 9.04. The van der Waals surface area contributed by atoms with Gasteiger partial charge < -0.3 is 10.4 Å². The first-order chi connectivity index (χ1) is 6.88. The minimum atomic E-state index is 0.331. The fourth-order valence-corrected chi connectivity index (χ4v) is 2.51. The minimum Gasteiger partial charge on any atom is -0.396 e. The second-order valence-corrected chi connectivity index (χ2v) is 4.47. The van der Waals surface area contributed by atoms with Gasteiger partial charge in [-0.25, -0.2) is 0 Å². The van der Waals surface area contributed by atoms with Gasteiger partial charge in [-0.2, -0.15) is 0 Å². The van der Waals surface area contributed by atoms with E-state index < -0.39 is 0 Å². The number of aliphatic hydroxyl groups is 1. The largest absolute Gasteiger partial charge is 0.396 e. The van der Waals surface area contributed by atoms with Crippen LogP contribution in [0.25, 0.3) is 0 Å². The van der Waals surface area contributed by atoms with E-state index in [1.165, 1.54) is 38.5 Å². The molecule has 0 amide bonds. The molecule has 1 saturated carbocycles. The van der Waals surface area contributed by atoms with Crippen LogP contribution in [0.3, 0.4) is 0 Å². The standard InChI is InChI=1S/C12H25NO/c1-2-9-13-12(8-10-14)11-6-4-3-5-7-11/h11-14H,2-10H2,1H3. The summed E-state index contributed by atoms with van der Waals surface area (Å²) in [7, 11) is 0. The zero-order valence-corrected chi connectivity index (χ0v) is 9.47. The lowest BCUT2D eigenvalue weighted by atomic mass is 9.83. The van der Waals surface area contributed by atoms with Crippen LogP contribution in [0, 0.1) is 5.92 Å². The van der Waals surface area contributed by atoms with E-state index in [0.29, 0.717) is 12.6 Å². The normalized spacial score (nSPS) is 21.0. The monoisotopic (exact) mass is 199 g/mol. The maximum Gasteiger partial charge on any atom is 0.0445 e. The molecule has 0 heterocycles. The molecule has 1 unspecified atom stereocenters. The molecule has 2 N–H and O–H groups in total. The highest BCUT2D eigenvalue weighted by Crippen LogP contribution is 2.27. The first-order valence-corrected chi connectivity index (χ1v) is 6.22. The first kappa shape index (κ1) is 12.0. The number of rotatable bonds is 6. The maximum atomic E-state index is 9.03. The van der Waals surface area contributed by atoms with E-state index in [0.717, 1.165) is 18.9 Å². The van der Waals surface area contributed by atoms with Crippen LogP contribution in [-0.4, -0.2) is 24.3 Å². The van der Waals surface area contributed by atoms with E-state index in [4.69, 9.17) is 5.11 Å². The van der Waals surface area contributed by atoms with Gasteiger partial charge in [0.25, 0.3) is 0 Å². The third-order valence-corrected chi connectivity index (χ3v) is 3.32. The van der Waals surface area contributed by atoms with Gasteiger partial charge in [-0.15, -0.1) is 0 Å². The van der Waals surface area contributed by atoms with Crippen molar-refractivity contribution in [2.45, 2.75) is 57.9 Å². The maximum absolute atomic E-state index is 9.03. The Morgan fingerprint density at radius 3 is 2.57 bits per heavy atom. The molecule has 1 aliphatic carbocycles. The van der Waals surface area contributed by atoms with E-state index in [9.17, 15) is 0 Å². The van der Waals surface area contributed by atoms with Crippen LogP contribution in [0.15, 0.2) is 0 Å². The van der Waals surface area contributed by atoms with Gasteiger partial charge in [0.05, 0.1) is 0 Å². The van der Waals surface area contributed by atoms with Crippen LogP contribution < -0.4 is 5.32 Å². The molecule has 2 nitrogen and oxygen atoms in total. The molecule has 0 aromatic heterocycles. The van der Waals surface area contributed by atoms with E-state index in [1.807, 2.05) is 0 Å². The fraction of sp³-hybridized carbons (Fsp3) is 1.00. The van der Waals surface area contributed by atoms with Gasteiger partial charge in [0.1, 0.15) is 0 Å². The summed E-state index contributed by atoms with van der Waals surface area (Å²) >= 11 is 0. The van der Waals surface area contributed by atoms with E-state index in [-0.39, 0.29) is 0 Å². The lowest BCUT2D eigenvalue weighted by molar-refractivity contribution is 0.207. The third kappa shape index (κ3) is 3.97. The number of hydrogen-bond acceptors (Lipinski definition) is 2. The molecule has 1 atom stereocenters. The van der Waals surface area contributed by atoms with Crippen LogP contribution in [0.2, 0.25) is 0 Å². The molecule has 14 heavy (non-hydrogen) atoms. The van der Waals surface area contributed by atoms with Gasteiger partial charge in [0.15, 0.2) is 0 Å². The summed E-state index contributed by atoms with van der Waals surface area (Å²) in [4.78, 5) is 0. The Kier molecular flexibility index (Phi) is 6.20. The van der Waals surface area contributed by atoms with Crippen LogP contribution in [-0.2, 0) is 0 Å². The second kappa shape index (κ2) is 7.24. The molecule has 2 heteroatoms. The zero-order valence-electron chi connectivity index (χ0n) is 9.47. The van der Waals surface area contributed by atoms with Gasteiger partial charge in [-0.3, -0.25) is 0 Å². The predicted molar refractivity (Wildman–Crippen MR) is 60.4 cm³/mol. The molecule has 0 spiro atoms. The topological polar surface area (TPSA) is 32.3 Å². The predicted octanol–water partition coefficient (Wildman–Crippen LogP) is 2.32. The van der Waals surface area contributed by atoms with Crippen LogP contribution in [0.1, 0.15) is 51.9 Å². The SMILES string of the molecule is CCCNC(CCO)C1CCCCC1. The van der Waals surface area contributed by atoms with Crippen molar-refractivity contribution in [2.24, 2.45) is 5.92 Å². The Hall–Kier alpha value is -0.0800. The van der Waals surface area contributed by atoms with Gasteiger partial charge in [0, 0.05) is 12.6 Å². The number of hydrogen-bond donors (Lipinski definition) is 2. The smallest absolute Gasteiger partial charge is 0.0445 e. The lowest BCUT2D eigenvalue weighted by Crippen LogP contribution is -2.38. The zero-order chi connectivity index (χ0) is 10.2. The van der Waals surface area contributed by atoms with Crippen molar-refractivity contribution in [2.75, 3.05) is 13.2 Å². The molecule has 0 aromatic carbocycles. The van der Waals surface area contributed by atoms with Gasteiger partial charge >= 0.3 is 0 Å². The Labute approximate surface area is 88.1 Å². The highest BCUT2D eigenvalue weighted by atomic mass is 16.3. The quantitative estimate of drug-likeness (QED) is 0.688. The Balaban J connectivity index is 2.30. The summed E-state index contributed by atoms with van der Waals surface area (Å²) < 4.78 is 0. The molecule has 0 aliphatic heterocycles. The van der Waals surface area contributed by atoms with Crippen molar-refractivity contribution >= 4 is 0 Å². The van der Waals surface area contributed by atoms with Gasteiger partial charge in [-0.1, -0.05) is 26.2 Å². The average Bonchev–Trinajstić information content (AvgIpc) is 2.25. The Morgan fingerprint density at radius 2 is 2.00 bits per heavy atom. The highest BCUT2D eigenvalue weighted by Gasteiger charge is 2.22. The second-order valence-electron chi connectivity index (χ2n) is 4.47. The molecular weight excluding hydrogens is 174 g/mol. The summed E-state index contributed by atoms with van der Waals surface area (Å²) in [6.45, 7) is 3.63. The van der Waals surface area contributed by atoms with Gasteiger partial charge in [-0.05, 0) is 38.1 Å². The van der Waals surface area contributed by atoms with Gasteiger partial charge in [0.2, 0.25) is 0 Å². The van der Waals surface area contributed by atoms with E-state index in [2.05, 4.69) is 12.2 Å². The van der Waals surface area contributed by atoms with Crippen LogP contribution in [0.5, 0.6) is 0 Å². The molecular formula is C12H25NO. The lowest BCUT2D eigenvalue weighted by Gasteiger charge is -2.30. The molecule has 0 bridgehead atoms. The third-order valence-electron chi connectivity index (χ3n) is 3.32. The molecule has 1 rings (SSSR count). The van der Waals surface area contributed by atoms with Crippen LogP contribution >= 0.6 is 0 Å². The number of nitrogens with one attached hydrogen (secondary N) is 1. The summed E-state index contributed by atoms with van der Waals surface area (Å²) in [5.41, 5.74) is 0. The van der Waals surface area contributed by atoms with Crippen molar-refractivity contribution in [3.8, 4) is 0 Å².